The van der Waals surface area contributed by atoms with Crippen LogP contribution in [-0.2, 0) is 126 Å². The summed E-state index contributed by atoms with van der Waals surface area (Å²) >= 11 is 0. The average Bonchev–Trinajstić information content (AvgIpc) is 0.774. The fourth-order valence-electron chi connectivity index (χ4n) is 10.6. The van der Waals surface area contributed by atoms with E-state index in [0.29, 0.717) is 5.56 Å². The highest BCUT2D eigenvalue weighted by atomic mass is 16.5. The Bertz CT molecular complexity index is 3090. The summed E-state index contributed by atoms with van der Waals surface area (Å²) < 4.78 is 68.9. The van der Waals surface area contributed by atoms with Crippen LogP contribution >= 0.6 is 0 Å². The zero-order valence-corrected chi connectivity index (χ0v) is 62.5. The molecule has 41 nitrogen and oxygen atoms in total. The number of fused-ring (bicyclic) bond motifs is 2. The SMILES string of the molecule is O=C(O)CCOCC(COCCC(=O)O)(COCCC(=O)O)NC(=O)CCOCC(COCCC(=O)NC(COCCC(=O)O)(COCCC(=O)O)COCCC(=O)O)(COCCC(=O)NC(COCCC(=O)O)(COCCC(=O)O)COCCC(=O)O)NC(=O)CCCN(Cc1c2ccccc2cc2ccccc12)C(=O)O. The lowest BCUT2D eigenvalue weighted by Crippen LogP contribution is -2.60. The smallest absolute Gasteiger partial charge is 0.407 e. The third-order valence-corrected chi connectivity index (χ3v) is 16.1. The van der Waals surface area contributed by atoms with E-state index in [0.717, 1.165) is 26.4 Å². The van der Waals surface area contributed by atoms with Crippen LogP contribution < -0.4 is 21.3 Å². The quantitative estimate of drug-likeness (QED) is 0.0280. The number of carbonyl (C=O) groups excluding carboxylic acids is 4. The molecule has 3 aromatic rings. The van der Waals surface area contributed by atoms with E-state index >= 15 is 0 Å². The molecule has 0 unspecified atom stereocenters. The van der Waals surface area contributed by atoms with Crippen molar-refractivity contribution in [2.24, 2.45) is 0 Å². The summed E-state index contributed by atoms with van der Waals surface area (Å²) in [6.45, 7) is -12.4. The lowest BCUT2D eigenvalue weighted by atomic mass is 9.96. The first-order valence-corrected chi connectivity index (χ1v) is 35.8. The number of hydrogen-bond donors (Lipinski definition) is 14. The summed E-state index contributed by atoms with van der Waals surface area (Å²) in [6, 6.07) is 16.7. The zero-order chi connectivity index (χ0) is 83.5. The number of aliphatic carboxylic acids is 9. The van der Waals surface area contributed by atoms with Crippen molar-refractivity contribution in [1.29, 1.82) is 0 Å². The monoisotopic (exact) mass is 1610 g/mol. The van der Waals surface area contributed by atoms with Gasteiger partial charge < -0.3 is 134 Å². The normalized spacial score (nSPS) is 11.8. The molecule has 632 valence electrons. The Labute approximate surface area is 647 Å². The summed E-state index contributed by atoms with van der Waals surface area (Å²) in [5.41, 5.74) is -6.52. The predicted molar refractivity (Wildman–Crippen MR) is 387 cm³/mol. The van der Waals surface area contributed by atoms with Crippen LogP contribution in [0.15, 0.2) is 54.6 Å². The summed E-state index contributed by atoms with van der Waals surface area (Å²) in [5, 5.41) is 109. The van der Waals surface area contributed by atoms with Crippen LogP contribution in [0.5, 0.6) is 0 Å². The molecule has 41 heteroatoms. The number of nitrogens with one attached hydrogen (secondary N) is 4. The van der Waals surface area contributed by atoms with Crippen molar-refractivity contribution in [3.8, 4) is 0 Å². The van der Waals surface area contributed by atoms with Gasteiger partial charge in [-0.25, -0.2) is 4.79 Å². The van der Waals surface area contributed by atoms with Gasteiger partial charge in [0.05, 0.1) is 223 Å². The van der Waals surface area contributed by atoms with Gasteiger partial charge in [-0.15, -0.1) is 0 Å². The maximum Gasteiger partial charge on any atom is 0.407 e. The van der Waals surface area contributed by atoms with Crippen molar-refractivity contribution in [2.75, 3.05) is 165 Å². The van der Waals surface area contributed by atoms with Crippen LogP contribution in [0.1, 0.15) is 95.5 Å². The van der Waals surface area contributed by atoms with E-state index < -0.39 is 348 Å². The molecule has 0 aromatic heterocycles. The van der Waals surface area contributed by atoms with Crippen molar-refractivity contribution >= 4 is 105 Å². The fourth-order valence-corrected chi connectivity index (χ4v) is 10.6. The largest absolute Gasteiger partial charge is 0.481 e. The van der Waals surface area contributed by atoms with E-state index in [-0.39, 0.29) is 19.5 Å². The van der Waals surface area contributed by atoms with Crippen LogP contribution in [0, 0.1) is 0 Å². The molecule has 0 aliphatic rings. The topological polar surface area (TPSA) is 603 Å². The molecule has 0 radical (unpaired) electrons. The minimum absolute atomic E-state index is 0.121. The lowest BCUT2D eigenvalue weighted by molar-refractivity contribution is -0.142. The Hall–Kier alpha value is -9.92. The van der Waals surface area contributed by atoms with E-state index in [9.17, 15) is 118 Å². The van der Waals surface area contributed by atoms with Crippen LogP contribution in [0.2, 0.25) is 0 Å². The molecule has 0 saturated carbocycles. The van der Waals surface area contributed by atoms with Crippen LogP contribution in [-0.4, -0.2) is 327 Å². The minimum Gasteiger partial charge on any atom is -0.481 e. The van der Waals surface area contributed by atoms with Gasteiger partial charge in [0.2, 0.25) is 23.6 Å². The first-order valence-electron chi connectivity index (χ1n) is 35.8. The van der Waals surface area contributed by atoms with Crippen LogP contribution in [0.25, 0.3) is 21.5 Å². The Kier molecular flexibility index (Phi) is 46.4. The number of ether oxygens (including phenoxy) is 12. The molecule has 0 bridgehead atoms. The van der Waals surface area contributed by atoms with Crippen molar-refractivity contribution in [3.05, 3.63) is 60.2 Å². The van der Waals surface area contributed by atoms with E-state index in [1.54, 1.807) is 12.1 Å². The maximum atomic E-state index is 14.7. The van der Waals surface area contributed by atoms with Gasteiger partial charge in [-0.2, -0.15) is 0 Å². The number of carboxylic acid groups (broad SMARTS) is 10. The average molecular weight is 1610 g/mol. The van der Waals surface area contributed by atoms with E-state index in [1.807, 2.05) is 42.5 Å². The number of amides is 5. The molecule has 3 rings (SSSR count). The molecule has 0 aliphatic carbocycles. The van der Waals surface area contributed by atoms with Gasteiger partial charge in [0.25, 0.3) is 0 Å². The fraction of sp³-hybridized carbons (Fsp3) is 0.611. The Morgan fingerprint density at radius 1 is 0.274 bits per heavy atom. The Balaban J connectivity index is 2.18. The molecule has 3 aromatic carbocycles. The Morgan fingerprint density at radius 2 is 0.469 bits per heavy atom. The minimum atomic E-state index is -1.97. The first-order chi connectivity index (χ1) is 53.8. The lowest BCUT2D eigenvalue weighted by Gasteiger charge is -2.36. The predicted octanol–water partition coefficient (Wildman–Crippen LogP) is 1.31. The van der Waals surface area contributed by atoms with Crippen molar-refractivity contribution < 1.29 is 175 Å². The van der Waals surface area contributed by atoms with Crippen LogP contribution in [0.4, 0.5) is 4.79 Å². The number of hydrogen-bond acceptors (Lipinski definition) is 26. The van der Waals surface area contributed by atoms with E-state index in [4.69, 9.17) is 56.8 Å². The highest BCUT2D eigenvalue weighted by Crippen LogP contribution is 2.30. The van der Waals surface area contributed by atoms with Gasteiger partial charge in [-0.05, 0) is 39.6 Å². The second-order valence-electron chi connectivity index (χ2n) is 26.1. The molecule has 0 aliphatic heterocycles. The molecule has 14 N–H and O–H groups in total. The second-order valence-corrected chi connectivity index (χ2v) is 26.1. The molecular weight excluding hydrogens is 1510 g/mol. The van der Waals surface area contributed by atoms with Gasteiger partial charge in [-0.1, -0.05) is 48.5 Å². The van der Waals surface area contributed by atoms with Gasteiger partial charge in [0.1, 0.15) is 22.2 Å². The number of nitrogens with zero attached hydrogens (tertiary/aromatic N) is 1. The summed E-state index contributed by atoms with van der Waals surface area (Å²) in [7, 11) is 0. The standard InChI is InChI=1S/C72H103N5O36/c78-55(10-5-23-77(68(100)101)37-54-52-8-3-1-6-50(52)36-51-7-2-4-9-53(51)54)73-69(38-102-24-11-56(79)74-70(41-105-27-14-59(82)83,42-106-28-15-60(84)85)43-107-29-16-61(86)87,39-103-25-12-57(80)75-71(44-108-30-17-62(88)89,45-109-31-18-63(90)91)46-110-32-19-64(92)93)40-104-26-13-58(81)76-72(47-111-33-20-65(94)95,48-112-34-21-66(96)97)49-113-35-22-67(98)99/h1-4,6-9,36H,5,10-35,37-49H2,(H,73,78)(H,74,79)(H,75,80)(H,76,81)(H,82,83)(H,84,85)(H,86,87)(H,88,89)(H,90,91)(H,92,93)(H,94,95)(H,96,97)(H,98,99)(H,100,101). The van der Waals surface area contributed by atoms with Gasteiger partial charge in [0.15, 0.2) is 0 Å². The summed E-state index contributed by atoms with van der Waals surface area (Å²) in [5.74, 6) is -14.6. The van der Waals surface area contributed by atoms with Gasteiger partial charge in [-0.3, -0.25) is 62.3 Å². The molecule has 0 spiro atoms. The highest BCUT2D eigenvalue weighted by Gasteiger charge is 2.39. The molecule has 0 heterocycles. The number of benzene rings is 3. The van der Waals surface area contributed by atoms with Gasteiger partial charge >= 0.3 is 59.8 Å². The number of carboxylic acids is 9. The second kappa shape index (κ2) is 53.9. The first kappa shape index (κ1) is 97.3. The molecule has 0 fully saturated rings. The molecule has 0 saturated heterocycles. The number of rotatable bonds is 70. The summed E-state index contributed by atoms with van der Waals surface area (Å²) in [6.07, 6.45) is -8.15. The van der Waals surface area contributed by atoms with Crippen molar-refractivity contribution in [1.82, 2.24) is 26.2 Å². The third-order valence-electron chi connectivity index (χ3n) is 16.1. The summed E-state index contributed by atoms with van der Waals surface area (Å²) in [4.78, 5) is 174. The number of carbonyl (C=O) groups is 14. The molecule has 0 atom stereocenters. The highest BCUT2D eigenvalue weighted by molar-refractivity contribution is 6.02. The molecule has 113 heavy (non-hydrogen) atoms. The van der Waals surface area contributed by atoms with Gasteiger partial charge in [0, 0.05) is 32.2 Å². The van der Waals surface area contributed by atoms with Crippen LogP contribution in [0.3, 0.4) is 0 Å². The van der Waals surface area contributed by atoms with Crippen molar-refractivity contribution in [3.63, 3.8) is 0 Å². The van der Waals surface area contributed by atoms with E-state index in [2.05, 4.69) is 21.3 Å². The van der Waals surface area contributed by atoms with Crippen molar-refractivity contribution in [2.45, 2.75) is 119 Å². The zero-order valence-electron chi connectivity index (χ0n) is 62.5. The molecule has 5 amide bonds. The third kappa shape index (κ3) is 43.1. The Morgan fingerprint density at radius 3 is 0.673 bits per heavy atom. The molecular formula is C72H103N5O36. The maximum absolute atomic E-state index is 14.7. The van der Waals surface area contributed by atoms with E-state index in [1.165, 1.54) is 0 Å².